The molecule has 1 aliphatic rings. The largest absolute Gasteiger partial charge is 0.369 e. The number of rotatable bonds is 3. The van der Waals surface area contributed by atoms with Crippen LogP contribution in [-0.2, 0) is 0 Å². The van der Waals surface area contributed by atoms with Gasteiger partial charge in [0.25, 0.3) is 5.56 Å². The lowest BCUT2D eigenvalue weighted by atomic mass is 10.2. The van der Waals surface area contributed by atoms with Crippen molar-refractivity contribution in [2.24, 2.45) is 0 Å². The Bertz CT molecular complexity index is 1190. The number of aromatic nitrogens is 3. The first-order chi connectivity index (χ1) is 13.7. The van der Waals surface area contributed by atoms with Crippen LogP contribution in [0.4, 0.5) is 16.5 Å². The van der Waals surface area contributed by atoms with Gasteiger partial charge >= 0.3 is 0 Å². The molecular formula is C20H20N6OS. The van der Waals surface area contributed by atoms with E-state index in [1.54, 1.807) is 6.07 Å². The molecule has 0 atom stereocenters. The van der Waals surface area contributed by atoms with E-state index in [1.807, 2.05) is 30.3 Å². The van der Waals surface area contributed by atoms with Crippen molar-refractivity contribution in [1.82, 2.24) is 19.5 Å². The highest BCUT2D eigenvalue weighted by Gasteiger charge is 2.14. The van der Waals surface area contributed by atoms with Crippen molar-refractivity contribution in [1.29, 1.82) is 0 Å². The molecule has 1 saturated heterocycles. The van der Waals surface area contributed by atoms with Crippen molar-refractivity contribution in [2.75, 3.05) is 43.4 Å². The molecule has 0 radical (unpaired) electrons. The average molecular weight is 392 g/mol. The van der Waals surface area contributed by atoms with E-state index in [2.05, 4.69) is 44.4 Å². The Hall–Kier alpha value is -2.97. The van der Waals surface area contributed by atoms with Crippen molar-refractivity contribution < 1.29 is 0 Å². The molecule has 2 aromatic heterocycles. The molecule has 7 nitrogen and oxygen atoms in total. The fourth-order valence-electron chi connectivity index (χ4n) is 3.45. The van der Waals surface area contributed by atoms with Crippen molar-refractivity contribution in [3.8, 4) is 0 Å². The Morgan fingerprint density at radius 1 is 1.00 bits per heavy atom. The Morgan fingerprint density at radius 2 is 1.75 bits per heavy atom. The molecular weight excluding hydrogens is 372 g/mol. The first kappa shape index (κ1) is 17.2. The Kier molecular flexibility index (Phi) is 4.22. The first-order valence-corrected chi connectivity index (χ1v) is 10.1. The molecule has 0 aliphatic carbocycles. The van der Waals surface area contributed by atoms with E-state index in [1.165, 1.54) is 21.5 Å². The van der Waals surface area contributed by atoms with Crippen molar-refractivity contribution in [3.05, 3.63) is 58.9 Å². The van der Waals surface area contributed by atoms with Crippen LogP contribution in [0, 0.1) is 0 Å². The predicted molar refractivity (Wildman–Crippen MR) is 114 cm³/mol. The van der Waals surface area contributed by atoms with Gasteiger partial charge in [-0.2, -0.15) is 4.52 Å². The number of hydrogen-bond acceptors (Lipinski definition) is 7. The molecule has 0 saturated carbocycles. The summed E-state index contributed by atoms with van der Waals surface area (Å²) in [4.78, 5) is 22.5. The highest BCUT2D eigenvalue weighted by Crippen LogP contribution is 2.25. The van der Waals surface area contributed by atoms with Gasteiger partial charge < -0.3 is 15.1 Å². The molecule has 4 aromatic rings. The van der Waals surface area contributed by atoms with E-state index in [0.717, 1.165) is 31.9 Å². The maximum atomic E-state index is 12.6. The van der Waals surface area contributed by atoms with E-state index in [9.17, 15) is 4.79 Å². The quantitative estimate of drug-likeness (QED) is 0.578. The van der Waals surface area contributed by atoms with Crippen molar-refractivity contribution in [2.45, 2.75) is 0 Å². The molecule has 142 valence electrons. The summed E-state index contributed by atoms with van der Waals surface area (Å²) in [6, 6.07) is 15.7. The first-order valence-electron chi connectivity index (χ1n) is 9.26. The number of para-hydroxylation sites is 1. The van der Waals surface area contributed by atoms with E-state index in [4.69, 9.17) is 0 Å². The van der Waals surface area contributed by atoms with Gasteiger partial charge in [0.2, 0.25) is 10.1 Å². The SMILES string of the molecule is CN1CCN(c2ccc(Nc3nn4c(=O)c5ccccc5nc4s3)cc2)CC1. The summed E-state index contributed by atoms with van der Waals surface area (Å²) in [5.74, 6) is 0. The Labute approximate surface area is 165 Å². The van der Waals surface area contributed by atoms with E-state index >= 15 is 0 Å². The van der Waals surface area contributed by atoms with Gasteiger partial charge in [0.15, 0.2) is 0 Å². The van der Waals surface area contributed by atoms with Gasteiger partial charge in [0.1, 0.15) is 0 Å². The van der Waals surface area contributed by atoms with E-state index < -0.39 is 0 Å². The zero-order valence-electron chi connectivity index (χ0n) is 15.5. The van der Waals surface area contributed by atoms with Gasteiger partial charge in [-0.25, -0.2) is 4.98 Å². The fourth-order valence-corrected chi connectivity index (χ4v) is 4.27. The molecule has 1 N–H and O–H groups in total. The minimum atomic E-state index is -0.143. The molecule has 0 amide bonds. The van der Waals surface area contributed by atoms with Crippen LogP contribution >= 0.6 is 11.3 Å². The second kappa shape index (κ2) is 6.88. The van der Waals surface area contributed by atoms with Crippen molar-refractivity contribution in [3.63, 3.8) is 0 Å². The number of hydrogen-bond donors (Lipinski definition) is 1. The second-order valence-corrected chi connectivity index (χ2v) is 7.95. The zero-order chi connectivity index (χ0) is 19.1. The molecule has 5 rings (SSSR count). The third kappa shape index (κ3) is 3.10. The van der Waals surface area contributed by atoms with Crippen LogP contribution in [0.3, 0.4) is 0 Å². The minimum Gasteiger partial charge on any atom is -0.369 e. The van der Waals surface area contributed by atoms with Gasteiger partial charge in [-0.15, -0.1) is 5.10 Å². The highest BCUT2D eigenvalue weighted by atomic mass is 32.1. The molecule has 1 aliphatic heterocycles. The molecule has 8 heteroatoms. The van der Waals surface area contributed by atoms with Gasteiger partial charge in [0, 0.05) is 37.6 Å². The van der Waals surface area contributed by atoms with Crippen LogP contribution < -0.4 is 15.8 Å². The summed E-state index contributed by atoms with van der Waals surface area (Å²) in [6.45, 7) is 4.26. The molecule has 2 aromatic carbocycles. The summed E-state index contributed by atoms with van der Waals surface area (Å²) >= 11 is 1.37. The maximum Gasteiger partial charge on any atom is 0.283 e. The van der Waals surface area contributed by atoms with Crippen LogP contribution in [0.25, 0.3) is 15.9 Å². The van der Waals surface area contributed by atoms with Gasteiger partial charge in [-0.3, -0.25) is 4.79 Å². The number of benzene rings is 2. The zero-order valence-corrected chi connectivity index (χ0v) is 16.3. The number of nitrogens with zero attached hydrogens (tertiary/aromatic N) is 5. The fraction of sp³-hybridized carbons (Fsp3) is 0.250. The lowest BCUT2D eigenvalue weighted by Gasteiger charge is -2.34. The van der Waals surface area contributed by atoms with Crippen LogP contribution in [0.1, 0.15) is 0 Å². The topological polar surface area (TPSA) is 65.8 Å². The van der Waals surface area contributed by atoms with E-state index in [0.29, 0.717) is 21.0 Å². The van der Waals surface area contributed by atoms with E-state index in [-0.39, 0.29) is 5.56 Å². The van der Waals surface area contributed by atoms with Crippen molar-refractivity contribution >= 4 is 43.7 Å². The standard InChI is InChI=1S/C20H20N6OS/c1-24-10-12-25(13-11-24)15-8-6-14(7-9-15)21-19-23-26-18(27)16-4-2-3-5-17(16)22-20(26)28-19/h2-9H,10-13H2,1H3,(H,21,23). The summed E-state index contributed by atoms with van der Waals surface area (Å²) in [7, 11) is 2.16. The molecule has 28 heavy (non-hydrogen) atoms. The third-order valence-electron chi connectivity index (χ3n) is 5.09. The second-order valence-electron chi connectivity index (χ2n) is 7.00. The average Bonchev–Trinajstić information content (AvgIpc) is 3.12. The lowest BCUT2D eigenvalue weighted by molar-refractivity contribution is 0.313. The van der Waals surface area contributed by atoms with Gasteiger partial charge in [0.05, 0.1) is 10.9 Å². The van der Waals surface area contributed by atoms with Crippen LogP contribution in [0.5, 0.6) is 0 Å². The number of likely N-dealkylation sites (N-methyl/N-ethyl adjacent to an activating group) is 1. The predicted octanol–water partition coefficient (Wildman–Crippen LogP) is 2.80. The monoisotopic (exact) mass is 392 g/mol. The van der Waals surface area contributed by atoms with Crippen LogP contribution in [-0.4, -0.2) is 52.7 Å². The lowest BCUT2D eigenvalue weighted by Crippen LogP contribution is -2.44. The van der Waals surface area contributed by atoms with Gasteiger partial charge in [-0.1, -0.05) is 23.5 Å². The summed E-state index contributed by atoms with van der Waals surface area (Å²) < 4.78 is 1.37. The normalized spacial score (nSPS) is 15.4. The summed E-state index contributed by atoms with van der Waals surface area (Å²) in [5, 5.41) is 8.93. The van der Waals surface area contributed by atoms with Gasteiger partial charge in [-0.05, 0) is 43.4 Å². The molecule has 1 fully saturated rings. The molecule has 3 heterocycles. The molecule has 0 spiro atoms. The Morgan fingerprint density at radius 3 is 2.54 bits per heavy atom. The number of piperazine rings is 1. The summed E-state index contributed by atoms with van der Waals surface area (Å²) in [6.07, 6.45) is 0. The smallest absolute Gasteiger partial charge is 0.283 e. The molecule has 0 unspecified atom stereocenters. The minimum absolute atomic E-state index is 0.143. The summed E-state index contributed by atoms with van der Waals surface area (Å²) in [5.41, 5.74) is 2.72. The number of nitrogens with one attached hydrogen (secondary N) is 1. The Balaban J connectivity index is 1.40. The number of anilines is 3. The number of fused-ring (bicyclic) bond motifs is 2. The maximum absolute atomic E-state index is 12.6. The third-order valence-corrected chi connectivity index (χ3v) is 5.91. The molecule has 0 bridgehead atoms. The van der Waals surface area contributed by atoms with Crippen LogP contribution in [0.2, 0.25) is 0 Å². The highest BCUT2D eigenvalue weighted by molar-refractivity contribution is 7.20. The van der Waals surface area contributed by atoms with Crippen LogP contribution in [0.15, 0.2) is 53.3 Å².